The highest BCUT2D eigenvalue weighted by atomic mass is 19.1. The third-order valence-electron chi connectivity index (χ3n) is 3.55. The summed E-state index contributed by atoms with van der Waals surface area (Å²) in [5.41, 5.74) is 0.00877. The second-order valence-electron chi connectivity index (χ2n) is 4.51. The number of hydrogen-bond donors (Lipinski definition) is 0. The minimum Gasteiger partial charge on any atom is -0.466 e. The first-order valence-electron chi connectivity index (χ1n) is 5.91. The van der Waals surface area contributed by atoms with Crippen LogP contribution in [0.25, 0.3) is 0 Å². The average Bonchev–Trinajstić information content (AvgIpc) is 2.22. The molecule has 0 bridgehead atoms. The molecule has 1 saturated carbocycles. The summed E-state index contributed by atoms with van der Waals surface area (Å²) in [5.74, 6) is -0.128. The van der Waals surface area contributed by atoms with E-state index in [2.05, 4.69) is 6.92 Å². The van der Waals surface area contributed by atoms with Crippen molar-refractivity contribution in [1.29, 1.82) is 0 Å². The Morgan fingerprint density at radius 2 is 2.00 bits per heavy atom. The molecule has 0 N–H and O–H groups in total. The van der Waals surface area contributed by atoms with Gasteiger partial charge in [-0.3, -0.25) is 4.79 Å². The van der Waals surface area contributed by atoms with Crippen LogP contribution in [0.2, 0.25) is 0 Å². The van der Waals surface area contributed by atoms with Gasteiger partial charge in [-0.1, -0.05) is 6.92 Å². The van der Waals surface area contributed by atoms with Gasteiger partial charge in [0, 0.05) is 0 Å². The average molecular weight is 216 g/mol. The van der Waals surface area contributed by atoms with Crippen molar-refractivity contribution in [2.45, 2.75) is 58.5 Å². The summed E-state index contributed by atoms with van der Waals surface area (Å²) in [6.07, 6.45) is 3.60. The van der Waals surface area contributed by atoms with Gasteiger partial charge in [-0.05, 0) is 44.4 Å². The summed E-state index contributed by atoms with van der Waals surface area (Å²) >= 11 is 0. The molecule has 0 aromatic carbocycles. The topological polar surface area (TPSA) is 26.3 Å². The Labute approximate surface area is 91.2 Å². The Hall–Kier alpha value is -0.600. The van der Waals surface area contributed by atoms with Crippen molar-refractivity contribution in [2.75, 3.05) is 6.61 Å². The van der Waals surface area contributed by atoms with E-state index in [1.165, 1.54) is 0 Å². The number of carbonyl (C=O) groups excluding carboxylic acids is 1. The Bertz CT molecular complexity index is 208. The molecule has 0 spiro atoms. The Kier molecular flexibility index (Phi) is 4.55. The molecule has 0 radical (unpaired) electrons. The van der Waals surface area contributed by atoms with E-state index in [9.17, 15) is 9.18 Å². The fraction of sp³-hybridized carbons (Fsp3) is 0.917. The van der Waals surface area contributed by atoms with Gasteiger partial charge in [0.05, 0.1) is 13.0 Å². The molecular formula is C12H21FO2. The van der Waals surface area contributed by atoms with Crippen molar-refractivity contribution in [1.82, 2.24) is 0 Å². The maximum absolute atomic E-state index is 13.0. The van der Waals surface area contributed by atoms with E-state index >= 15 is 0 Å². The van der Waals surface area contributed by atoms with E-state index in [1.807, 2.05) is 6.92 Å². The lowest BCUT2D eigenvalue weighted by Gasteiger charge is -2.36. The van der Waals surface area contributed by atoms with Crippen LogP contribution in [0.4, 0.5) is 4.39 Å². The van der Waals surface area contributed by atoms with Crippen molar-refractivity contribution in [3.8, 4) is 0 Å². The van der Waals surface area contributed by atoms with Crippen molar-refractivity contribution in [3.05, 3.63) is 0 Å². The fourth-order valence-corrected chi connectivity index (χ4v) is 2.37. The van der Waals surface area contributed by atoms with Crippen LogP contribution >= 0.6 is 0 Å². The standard InChI is InChI=1S/C12H21FO2/c1-3-12(9-11(14)15-4-2)7-5-10(13)6-8-12/h10H,3-9H2,1-2H3. The highest BCUT2D eigenvalue weighted by Gasteiger charge is 2.36. The summed E-state index contributed by atoms with van der Waals surface area (Å²) in [7, 11) is 0. The van der Waals surface area contributed by atoms with Crippen LogP contribution in [0.15, 0.2) is 0 Å². The zero-order valence-corrected chi connectivity index (χ0v) is 9.72. The first-order chi connectivity index (χ1) is 7.12. The number of carbonyl (C=O) groups is 1. The van der Waals surface area contributed by atoms with Crippen molar-refractivity contribution >= 4 is 5.97 Å². The maximum atomic E-state index is 13.0. The summed E-state index contributed by atoms with van der Waals surface area (Å²) in [4.78, 5) is 11.4. The summed E-state index contributed by atoms with van der Waals surface area (Å²) in [6, 6.07) is 0. The first kappa shape index (κ1) is 12.5. The maximum Gasteiger partial charge on any atom is 0.306 e. The Morgan fingerprint density at radius 3 is 2.47 bits per heavy atom. The lowest BCUT2D eigenvalue weighted by atomic mass is 9.69. The van der Waals surface area contributed by atoms with Crippen LogP contribution in [0.1, 0.15) is 52.4 Å². The number of rotatable bonds is 4. The monoisotopic (exact) mass is 216 g/mol. The molecule has 0 amide bonds. The van der Waals surface area contributed by atoms with Gasteiger partial charge in [-0.2, -0.15) is 0 Å². The van der Waals surface area contributed by atoms with Crippen LogP contribution in [0.5, 0.6) is 0 Å². The molecule has 1 rings (SSSR count). The highest BCUT2D eigenvalue weighted by Crippen LogP contribution is 2.43. The van der Waals surface area contributed by atoms with Gasteiger partial charge >= 0.3 is 5.97 Å². The van der Waals surface area contributed by atoms with Crippen molar-refractivity contribution in [3.63, 3.8) is 0 Å². The number of halogens is 1. The molecule has 0 heterocycles. The summed E-state index contributed by atoms with van der Waals surface area (Å²) in [6.45, 7) is 4.33. The molecule has 0 atom stereocenters. The van der Waals surface area contributed by atoms with Crippen LogP contribution in [-0.2, 0) is 9.53 Å². The molecule has 1 fully saturated rings. The molecule has 0 aromatic heterocycles. The molecule has 0 unspecified atom stereocenters. The van der Waals surface area contributed by atoms with Gasteiger partial charge in [0.2, 0.25) is 0 Å². The van der Waals surface area contributed by atoms with Gasteiger partial charge < -0.3 is 4.74 Å². The minimum absolute atomic E-state index is 0.00877. The smallest absolute Gasteiger partial charge is 0.306 e. The molecule has 3 heteroatoms. The van der Waals surface area contributed by atoms with Gasteiger partial charge in [0.1, 0.15) is 6.17 Å². The van der Waals surface area contributed by atoms with E-state index in [0.29, 0.717) is 25.9 Å². The molecule has 0 aromatic rings. The minimum atomic E-state index is -0.660. The second-order valence-corrected chi connectivity index (χ2v) is 4.51. The van der Waals surface area contributed by atoms with Crippen LogP contribution < -0.4 is 0 Å². The lowest BCUT2D eigenvalue weighted by molar-refractivity contribution is -0.146. The van der Waals surface area contributed by atoms with Crippen LogP contribution in [0, 0.1) is 5.41 Å². The molecular weight excluding hydrogens is 195 g/mol. The number of esters is 1. The van der Waals surface area contributed by atoms with Crippen molar-refractivity contribution < 1.29 is 13.9 Å². The normalized spacial score (nSPS) is 31.3. The molecule has 15 heavy (non-hydrogen) atoms. The molecule has 0 aliphatic heterocycles. The third-order valence-corrected chi connectivity index (χ3v) is 3.55. The van der Waals surface area contributed by atoms with Gasteiger partial charge in [-0.15, -0.1) is 0 Å². The van der Waals surface area contributed by atoms with E-state index in [-0.39, 0.29) is 11.4 Å². The Balaban J connectivity index is 2.49. The zero-order valence-electron chi connectivity index (χ0n) is 9.72. The van der Waals surface area contributed by atoms with Crippen LogP contribution in [-0.4, -0.2) is 18.7 Å². The fourth-order valence-electron chi connectivity index (χ4n) is 2.37. The van der Waals surface area contributed by atoms with Gasteiger partial charge in [-0.25, -0.2) is 4.39 Å². The van der Waals surface area contributed by atoms with Crippen molar-refractivity contribution in [2.24, 2.45) is 5.41 Å². The van der Waals surface area contributed by atoms with E-state index in [4.69, 9.17) is 4.74 Å². The molecule has 1 aliphatic rings. The highest BCUT2D eigenvalue weighted by molar-refractivity contribution is 5.70. The number of alkyl halides is 1. The van der Waals surface area contributed by atoms with Gasteiger partial charge in [0.25, 0.3) is 0 Å². The lowest BCUT2D eigenvalue weighted by Crippen LogP contribution is -2.30. The van der Waals surface area contributed by atoms with E-state index in [1.54, 1.807) is 0 Å². The quantitative estimate of drug-likeness (QED) is 0.674. The molecule has 2 nitrogen and oxygen atoms in total. The largest absolute Gasteiger partial charge is 0.466 e. The van der Waals surface area contributed by atoms with E-state index < -0.39 is 6.17 Å². The molecule has 0 saturated heterocycles. The Morgan fingerprint density at radius 1 is 1.40 bits per heavy atom. The van der Waals surface area contributed by atoms with E-state index in [0.717, 1.165) is 19.3 Å². The first-order valence-corrected chi connectivity index (χ1v) is 5.91. The third kappa shape index (κ3) is 3.47. The summed E-state index contributed by atoms with van der Waals surface area (Å²) < 4.78 is 18.0. The number of hydrogen-bond acceptors (Lipinski definition) is 2. The zero-order chi connectivity index (χ0) is 11.3. The van der Waals surface area contributed by atoms with Crippen LogP contribution in [0.3, 0.4) is 0 Å². The molecule has 88 valence electrons. The van der Waals surface area contributed by atoms with Gasteiger partial charge in [0.15, 0.2) is 0 Å². The predicted molar refractivity (Wildman–Crippen MR) is 57.3 cm³/mol. The number of ether oxygens (including phenoxy) is 1. The second kappa shape index (κ2) is 5.47. The SMILES string of the molecule is CCOC(=O)CC1(CC)CCC(F)CC1. The predicted octanol–water partition coefficient (Wildman–Crippen LogP) is 3.25. The molecule has 1 aliphatic carbocycles. The summed E-state index contributed by atoms with van der Waals surface area (Å²) in [5, 5.41) is 0.